The summed E-state index contributed by atoms with van der Waals surface area (Å²) >= 11 is 1.72. The molecule has 0 N–H and O–H groups in total. The summed E-state index contributed by atoms with van der Waals surface area (Å²) in [5.41, 5.74) is 6.69. The first-order chi connectivity index (χ1) is 12.7. The van der Waals surface area contributed by atoms with Gasteiger partial charge in [-0.25, -0.2) is 4.98 Å². The molecule has 26 heavy (non-hydrogen) atoms. The van der Waals surface area contributed by atoms with E-state index in [4.69, 9.17) is 9.72 Å². The highest BCUT2D eigenvalue weighted by Crippen LogP contribution is 2.42. The van der Waals surface area contributed by atoms with Gasteiger partial charge in [0.25, 0.3) is 0 Å². The Morgan fingerprint density at radius 2 is 2.12 bits per heavy atom. The Morgan fingerprint density at radius 3 is 2.85 bits per heavy atom. The Bertz CT molecular complexity index is 1090. The van der Waals surface area contributed by atoms with Crippen LogP contribution in [0.4, 0.5) is 0 Å². The van der Waals surface area contributed by atoms with Crippen LogP contribution in [0.5, 0.6) is 5.75 Å². The van der Waals surface area contributed by atoms with Gasteiger partial charge in [-0.1, -0.05) is 6.07 Å². The van der Waals surface area contributed by atoms with Gasteiger partial charge in [-0.15, -0.1) is 11.3 Å². The number of benzene rings is 1. The fourth-order valence-corrected chi connectivity index (χ4v) is 4.37. The lowest BCUT2D eigenvalue weighted by molar-refractivity contribution is 0.415. The Kier molecular flexibility index (Phi) is 3.46. The number of aryl methyl sites for hydroxylation is 3. The highest BCUT2D eigenvalue weighted by molar-refractivity contribution is 7.13. The second kappa shape index (κ2) is 5.85. The second-order valence-electron chi connectivity index (χ2n) is 6.45. The largest absolute Gasteiger partial charge is 0.496 e. The smallest absolute Gasteiger partial charge is 0.128 e. The molecule has 0 radical (unpaired) electrons. The van der Waals surface area contributed by atoms with Gasteiger partial charge in [0.2, 0.25) is 0 Å². The summed E-state index contributed by atoms with van der Waals surface area (Å²) in [7, 11) is 3.65. The van der Waals surface area contributed by atoms with Gasteiger partial charge >= 0.3 is 0 Å². The minimum Gasteiger partial charge on any atom is -0.496 e. The number of aromatic nitrogens is 4. The predicted molar refractivity (Wildman–Crippen MR) is 103 cm³/mol. The summed E-state index contributed by atoms with van der Waals surface area (Å²) in [6.07, 6.45) is 4.88. The van der Waals surface area contributed by atoms with Crippen molar-refractivity contribution in [3.63, 3.8) is 0 Å². The van der Waals surface area contributed by atoms with Gasteiger partial charge in [0.05, 0.1) is 29.7 Å². The van der Waals surface area contributed by atoms with Crippen molar-refractivity contribution < 1.29 is 4.74 Å². The summed E-state index contributed by atoms with van der Waals surface area (Å²) in [5, 5.41) is 6.67. The number of nitrogens with zero attached hydrogens (tertiary/aromatic N) is 4. The van der Waals surface area contributed by atoms with Gasteiger partial charge in [-0.05, 0) is 41.6 Å². The molecule has 0 saturated carbocycles. The molecular formula is C20H18N4OS. The zero-order chi connectivity index (χ0) is 17.7. The summed E-state index contributed by atoms with van der Waals surface area (Å²) < 4.78 is 9.75. The van der Waals surface area contributed by atoms with Gasteiger partial charge in [-0.2, -0.15) is 5.10 Å². The van der Waals surface area contributed by atoms with Crippen LogP contribution in [0.3, 0.4) is 0 Å². The molecule has 5 nitrogen and oxygen atoms in total. The summed E-state index contributed by atoms with van der Waals surface area (Å²) in [4.78, 5) is 5.91. The maximum absolute atomic E-state index is 5.68. The van der Waals surface area contributed by atoms with Crippen molar-refractivity contribution in [2.45, 2.75) is 13.0 Å². The molecule has 4 heterocycles. The number of ether oxygens (including phenoxy) is 1. The van der Waals surface area contributed by atoms with E-state index in [0.717, 1.165) is 35.7 Å². The van der Waals surface area contributed by atoms with E-state index < -0.39 is 0 Å². The maximum atomic E-state index is 5.68. The fraction of sp³-hybridized carbons (Fsp3) is 0.200. The monoisotopic (exact) mass is 362 g/mol. The molecule has 6 heteroatoms. The molecule has 0 saturated heterocycles. The lowest BCUT2D eigenvalue weighted by Gasteiger charge is -2.22. The van der Waals surface area contributed by atoms with Gasteiger partial charge in [0.15, 0.2) is 0 Å². The standard InChI is InChI=1S/C20H18N4OS/c1-23-7-6-16(22-23)15-11-14-13(10-17(15)25-2)5-8-24-12-21-19(20(14)24)18-4-3-9-26-18/h3-4,6-7,9-12H,5,8H2,1-2H3. The number of rotatable bonds is 3. The van der Waals surface area contributed by atoms with E-state index in [1.165, 1.54) is 21.7 Å². The molecule has 0 bridgehead atoms. The average Bonchev–Trinajstić information content (AvgIpc) is 3.40. The SMILES string of the molecule is COc1cc2c(cc1-c1ccn(C)n1)-c1c(-c3cccs3)ncn1CC2. The topological polar surface area (TPSA) is 44.9 Å². The first-order valence-corrected chi connectivity index (χ1v) is 9.43. The molecule has 0 amide bonds. The molecule has 1 aliphatic heterocycles. The van der Waals surface area contributed by atoms with Gasteiger partial charge in [-0.3, -0.25) is 4.68 Å². The van der Waals surface area contributed by atoms with Crippen LogP contribution in [0.2, 0.25) is 0 Å². The van der Waals surface area contributed by atoms with Crippen molar-refractivity contribution in [3.05, 3.63) is 53.8 Å². The number of thiophene rings is 1. The van der Waals surface area contributed by atoms with Gasteiger partial charge < -0.3 is 9.30 Å². The third-order valence-corrected chi connectivity index (χ3v) is 5.76. The molecule has 3 aromatic heterocycles. The lowest BCUT2D eigenvalue weighted by atomic mass is 9.93. The molecule has 0 atom stereocenters. The minimum absolute atomic E-state index is 0.869. The third-order valence-electron chi connectivity index (χ3n) is 4.88. The van der Waals surface area contributed by atoms with E-state index in [1.54, 1.807) is 18.4 Å². The van der Waals surface area contributed by atoms with Crippen molar-refractivity contribution in [2.75, 3.05) is 7.11 Å². The van der Waals surface area contributed by atoms with Gasteiger partial charge in [0, 0.05) is 30.9 Å². The molecule has 4 aromatic rings. The molecule has 1 aliphatic rings. The quantitative estimate of drug-likeness (QED) is 0.547. The number of hydrogen-bond acceptors (Lipinski definition) is 4. The van der Waals surface area contributed by atoms with Crippen molar-refractivity contribution >= 4 is 11.3 Å². The maximum Gasteiger partial charge on any atom is 0.128 e. The third kappa shape index (κ3) is 2.29. The number of hydrogen-bond donors (Lipinski definition) is 0. The zero-order valence-corrected chi connectivity index (χ0v) is 15.5. The van der Waals surface area contributed by atoms with Gasteiger partial charge in [0.1, 0.15) is 11.4 Å². The van der Waals surface area contributed by atoms with Crippen LogP contribution in [-0.2, 0) is 20.0 Å². The highest BCUT2D eigenvalue weighted by Gasteiger charge is 2.24. The first kappa shape index (κ1) is 15.4. The van der Waals surface area contributed by atoms with Crippen LogP contribution < -0.4 is 4.74 Å². The fourth-order valence-electron chi connectivity index (χ4n) is 3.65. The minimum atomic E-state index is 0.869. The zero-order valence-electron chi connectivity index (χ0n) is 14.6. The van der Waals surface area contributed by atoms with Crippen LogP contribution in [0.1, 0.15) is 5.56 Å². The summed E-state index contributed by atoms with van der Waals surface area (Å²) in [5.74, 6) is 0.869. The second-order valence-corrected chi connectivity index (χ2v) is 7.39. The summed E-state index contributed by atoms with van der Waals surface area (Å²) in [6.45, 7) is 0.937. The first-order valence-electron chi connectivity index (χ1n) is 8.55. The van der Waals surface area contributed by atoms with E-state index in [-0.39, 0.29) is 0 Å². The van der Waals surface area contributed by atoms with Crippen molar-refractivity contribution in [1.29, 1.82) is 0 Å². The molecule has 0 fully saturated rings. The highest BCUT2D eigenvalue weighted by atomic mass is 32.1. The van der Waals surface area contributed by atoms with Crippen molar-refractivity contribution in [1.82, 2.24) is 19.3 Å². The van der Waals surface area contributed by atoms with Crippen LogP contribution >= 0.6 is 11.3 Å². The van der Waals surface area contributed by atoms with Crippen molar-refractivity contribution in [3.8, 4) is 38.8 Å². The lowest BCUT2D eigenvalue weighted by Crippen LogP contribution is -2.10. The van der Waals surface area contributed by atoms with E-state index in [2.05, 4.69) is 39.3 Å². The van der Waals surface area contributed by atoms with Crippen LogP contribution in [-0.4, -0.2) is 26.4 Å². The average molecular weight is 362 g/mol. The van der Waals surface area contributed by atoms with Crippen LogP contribution in [0.25, 0.3) is 33.1 Å². The number of methoxy groups -OCH3 is 1. The Labute approximate surface area is 155 Å². The molecule has 130 valence electrons. The Balaban J connectivity index is 1.75. The Morgan fingerprint density at radius 1 is 1.19 bits per heavy atom. The molecular weight excluding hydrogens is 344 g/mol. The molecule has 0 spiro atoms. The number of fused-ring (bicyclic) bond motifs is 3. The van der Waals surface area contributed by atoms with Crippen molar-refractivity contribution in [2.24, 2.45) is 7.05 Å². The van der Waals surface area contributed by atoms with Crippen LogP contribution in [0.15, 0.2) is 48.2 Å². The molecule has 1 aromatic carbocycles. The van der Waals surface area contributed by atoms with Crippen LogP contribution in [0, 0.1) is 0 Å². The molecule has 5 rings (SSSR count). The normalized spacial score (nSPS) is 12.7. The predicted octanol–water partition coefficient (Wildman–Crippen LogP) is 4.24. The number of imidazole rings is 1. The van der Waals surface area contributed by atoms with E-state index >= 15 is 0 Å². The molecule has 0 unspecified atom stereocenters. The van der Waals surface area contributed by atoms with E-state index in [1.807, 2.05) is 30.3 Å². The summed E-state index contributed by atoms with van der Waals surface area (Å²) in [6, 6.07) is 10.6. The van der Waals surface area contributed by atoms with E-state index in [0.29, 0.717) is 0 Å². The Hall–Kier alpha value is -2.86. The molecule has 0 aliphatic carbocycles. The van der Waals surface area contributed by atoms with E-state index in [9.17, 15) is 0 Å².